The number of amides is 1. The largest absolute Gasteiger partial charge is 0.488 e. The van der Waals surface area contributed by atoms with E-state index in [0.29, 0.717) is 6.07 Å². The van der Waals surface area contributed by atoms with Gasteiger partial charge in [0.05, 0.1) is 6.04 Å². The first kappa shape index (κ1) is 16.8. The van der Waals surface area contributed by atoms with E-state index in [2.05, 4.69) is 5.32 Å². The topological polar surface area (TPSA) is 38.3 Å². The molecule has 1 unspecified atom stereocenters. The molecule has 0 aliphatic carbocycles. The molecule has 0 saturated carbocycles. The number of halogens is 4. The van der Waals surface area contributed by atoms with Crippen LogP contribution in [0.15, 0.2) is 36.4 Å². The number of rotatable bonds is 5. The normalized spacial score (nSPS) is 11.9. The number of hydrogen-bond donors (Lipinski definition) is 1. The second-order valence-corrected chi connectivity index (χ2v) is 4.86. The van der Waals surface area contributed by atoms with Crippen LogP contribution in [0.25, 0.3) is 0 Å². The van der Waals surface area contributed by atoms with Gasteiger partial charge in [0, 0.05) is 6.07 Å². The molecule has 3 nitrogen and oxygen atoms in total. The summed E-state index contributed by atoms with van der Waals surface area (Å²) >= 11 is 0. The molecule has 0 bridgehead atoms. The first-order chi connectivity index (χ1) is 10.9. The molecule has 23 heavy (non-hydrogen) atoms. The summed E-state index contributed by atoms with van der Waals surface area (Å²) in [6.45, 7) is 1.35. The van der Waals surface area contributed by atoms with E-state index in [1.807, 2.05) is 0 Å². The van der Waals surface area contributed by atoms with E-state index < -0.39 is 40.8 Å². The molecule has 1 N–H and O–H groups in total. The van der Waals surface area contributed by atoms with Gasteiger partial charge in [-0.1, -0.05) is 6.07 Å². The lowest BCUT2D eigenvalue weighted by Crippen LogP contribution is -2.37. The van der Waals surface area contributed by atoms with Gasteiger partial charge < -0.3 is 10.1 Å². The minimum atomic E-state index is -0.986. The van der Waals surface area contributed by atoms with Crippen LogP contribution < -0.4 is 10.1 Å². The Morgan fingerprint density at radius 2 is 1.74 bits per heavy atom. The maximum atomic E-state index is 13.5. The van der Waals surface area contributed by atoms with Crippen molar-refractivity contribution in [1.82, 2.24) is 5.32 Å². The van der Waals surface area contributed by atoms with Crippen molar-refractivity contribution in [2.75, 3.05) is 6.61 Å². The zero-order valence-corrected chi connectivity index (χ0v) is 12.1. The van der Waals surface area contributed by atoms with Crippen molar-refractivity contribution in [2.45, 2.75) is 13.0 Å². The first-order valence-corrected chi connectivity index (χ1v) is 6.71. The summed E-state index contributed by atoms with van der Waals surface area (Å²) in [5.74, 6) is -4.74. The van der Waals surface area contributed by atoms with Crippen LogP contribution in [0.1, 0.15) is 17.3 Å². The summed E-state index contributed by atoms with van der Waals surface area (Å²) < 4.78 is 58.2. The Bertz CT molecular complexity index is 701. The average Bonchev–Trinajstić information content (AvgIpc) is 2.46. The van der Waals surface area contributed by atoms with Crippen LogP contribution in [0.2, 0.25) is 0 Å². The van der Waals surface area contributed by atoms with Crippen LogP contribution in [0.3, 0.4) is 0 Å². The van der Waals surface area contributed by atoms with Crippen molar-refractivity contribution in [3.05, 3.63) is 65.2 Å². The Morgan fingerprint density at radius 3 is 2.35 bits per heavy atom. The number of carbonyl (C=O) groups is 1. The second kappa shape index (κ2) is 7.13. The molecule has 2 aromatic carbocycles. The summed E-state index contributed by atoms with van der Waals surface area (Å²) in [7, 11) is 0. The smallest absolute Gasteiger partial charge is 0.257 e. The zero-order valence-electron chi connectivity index (χ0n) is 12.1. The molecule has 0 fully saturated rings. The fourth-order valence-electron chi connectivity index (χ4n) is 1.86. The van der Waals surface area contributed by atoms with E-state index in [9.17, 15) is 22.4 Å². The lowest BCUT2D eigenvalue weighted by atomic mass is 10.1. The van der Waals surface area contributed by atoms with Crippen molar-refractivity contribution in [1.29, 1.82) is 0 Å². The third-order valence-corrected chi connectivity index (χ3v) is 2.95. The summed E-state index contributed by atoms with van der Waals surface area (Å²) in [5, 5.41) is 2.34. The van der Waals surface area contributed by atoms with E-state index in [4.69, 9.17) is 4.74 Å². The van der Waals surface area contributed by atoms with Crippen LogP contribution in [0, 0.1) is 23.3 Å². The maximum Gasteiger partial charge on any atom is 0.257 e. The van der Waals surface area contributed by atoms with Crippen LogP contribution in [0.4, 0.5) is 17.6 Å². The van der Waals surface area contributed by atoms with Gasteiger partial charge in [-0.25, -0.2) is 17.6 Å². The standard InChI is InChI=1S/C16H13F4NO2/c1-9(8-23-14-6-5-10(17)7-13(14)20)21-16(22)15-11(18)3-2-4-12(15)19/h2-7,9H,8H2,1H3,(H,21,22). The van der Waals surface area contributed by atoms with Crippen molar-refractivity contribution < 1.29 is 27.1 Å². The molecule has 7 heteroatoms. The molecule has 0 aromatic heterocycles. The van der Waals surface area contributed by atoms with Crippen molar-refractivity contribution in [2.24, 2.45) is 0 Å². The van der Waals surface area contributed by atoms with Gasteiger partial charge in [0.15, 0.2) is 11.6 Å². The van der Waals surface area contributed by atoms with Crippen LogP contribution in [0.5, 0.6) is 5.75 Å². The number of nitrogens with one attached hydrogen (secondary N) is 1. The molecular formula is C16H13F4NO2. The molecule has 0 spiro atoms. The van der Waals surface area contributed by atoms with Gasteiger partial charge in [-0.3, -0.25) is 4.79 Å². The highest BCUT2D eigenvalue weighted by Gasteiger charge is 2.19. The molecule has 0 aliphatic heterocycles. The number of ether oxygens (including phenoxy) is 1. The molecule has 0 saturated heterocycles. The van der Waals surface area contributed by atoms with Crippen LogP contribution in [-0.2, 0) is 0 Å². The fourth-order valence-corrected chi connectivity index (χ4v) is 1.86. The van der Waals surface area contributed by atoms with Gasteiger partial charge in [-0.2, -0.15) is 0 Å². The van der Waals surface area contributed by atoms with Gasteiger partial charge >= 0.3 is 0 Å². The fraction of sp³-hybridized carbons (Fsp3) is 0.188. The van der Waals surface area contributed by atoms with Crippen molar-refractivity contribution in [3.63, 3.8) is 0 Å². The molecule has 1 amide bonds. The third-order valence-electron chi connectivity index (χ3n) is 2.95. The predicted octanol–water partition coefficient (Wildman–Crippen LogP) is 3.44. The minimum Gasteiger partial charge on any atom is -0.488 e. The number of hydrogen-bond acceptors (Lipinski definition) is 2. The summed E-state index contributed by atoms with van der Waals surface area (Å²) in [6.07, 6.45) is 0. The summed E-state index contributed by atoms with van der Waals surface area (Å²) in [5.41, 5.74) is -0.702. The summed E-state index contributed by atoms with van der Waals surface area (Å²) in [4.78, 5) is 11.8. The minimum absolute atomic E-state index is 0.162. The van der Waals surface area contributed by atoms with Gasteiger partial charge in [-0.05, 0) is 31.2 Å². The van der Waals surface area contributed by atoms with Crippen LogP contribution in [-0.4, -0.2) is 18.6 Å². The molecule has 1 atom stereocenters. The van der Waals surface area contributed by atoms with Gasteiger partial charge in [-0.15, -0.1) is 0 Å². The highest BCUT2D eigenvalue weighted by molar-refractivity contribution is 5.94. The van der Waals surface area contributed by atoms with E-state index >= 15 is 0 Å². The zero-order chi connectivity index (χ0) is 17.0. The predicted molar refractivity (Wildman–Crippen MR) is 75.1 cm³/mol. The van der Waals surface area contributed by atoms with E-state index in [0.717, 1.165) is 30.3 Å². The highest BCUT2D eigenvalue weighted by atomic mass is 19.1. The number of benzene rings is 2. The van der Waals surface area contributed by atoms with E-state index in [-0.39, 0.29) is 12.4 Å². The molecule has 2 rings (SSSR count). The van der Waals surface area contributed by atoms with Gasteiger partial charge in [0.2, 0.25) is 0 Å². The maximum absolute atomic E-state index is 13.5. The highest BCUT2D eigenvalue weighted by Crippen LogP contribution is 2.18. The molecule has 0 radical (unpaired) electrons. The van der Waals surface area contributed by atoms with E-state index in [1.165, 1.54) is 6.92 Å². The summed E-state index contributed by atoms with van der Waals surface area (Å²) in [6, 6.07) is 5.20. The molecule has 0 aliphatic rings. The Labute approximate surface area is 129 Å². The Kier molecular flexibility index (Phi) is 5.20. The monoisotopic (exact) mass is 327 g/mol. The van der Waals surface area contributed by atoms with Crippen molar-refractivity contribution >= 4 is 5.91 Å². The van der Waals surface area contributed by atoms with Gasteiger partial charge in [0.25, 0.3) is 5.91 Å². The second-order valence-electron chi connectivity index (χ2n) is 4.86. The number of carbonyl (C=O) groups excluding carboxylic acids is 1. The van der Waals surface area contributed by atoms with Crippen molar-refractivity contribution in [3.8, 4) is 5.75 Å². The molecule has 2 aromatic rings. The molecular weight excluding hydrogens is 314 g/mol. The quantitative estimate of drug-likeness (QED) is 0.855. The lowest BCUT2D eigenvalue weighted by Gasteiger charge is -2.16. The van der Waals surface area contributed by atoms with Gasteiger partial charge in [0.1, 0.15) is 29.6 Å². The first-order valence-electron chi connectivity index (χ1n) is 6.71. The molecule has 122 valence electrons. The Morgan fingerprint density at radius 1 is 1.09 bits per heavy atom. The molecule has 0 heterocycles. The Balaban J connectivity index is 1.97. The SMILES string of the molecule is CC(COc1ccc(F)cc1F)NC(=O)c1c(F)cccc1F. The van der Waals surface area contributed by atoms with E-state index in [1.54, 1.807) is 0 Å². The average molecular weight is 327 g/mol. The van der Waals surface area contributed by atoms with Crippen LogP contribution >= 0.6 is 0 Å². The Hall–Kier alpha value is -2.57. The third kappa shape index (κ3) is 4.21. The lowest BCUT2D eigenvalue weighted by molar-refractivity contribution is 0.0917.